The van der Waals surface area contributed by atoms with Crippen molar-refractivity contribution in [2.24, 2.45) is 17.8 Å². The average molecular weight is 429 g/mol. The number of piperidine rings is 1. The molecule has 1 N–H and O–H groups in total. The van der Waals surface area contributed by atoms with Crippen LogP contribution in [0.4, 0.5) is 4.39 Å². The maximum Gasteiger partial charge on any atom is 0.303 e. The molecule has 31 heavy (non-hydrogen) atoms. The van der Waals surface area contributed by atoms with Crippen LogP contribution in [-0.2, 0) is 4.79 Å². The van der Waals surface area contributed by atoms with E-state index >= 15 is 4.39 Å². The van der Waals surface area contributed by atoms with Crippen LogP contribution in [0.1, 0.15) is 56.7 Å². The molecule has 1 aliphatic carbocycles. The first-order valence-corrected chi connectivity index (χ1v) is 11.5. The minimum absolute atomic E-state index is 0.201. The fourth-order valence-corrected chi connectivity index (χ4v) is 5.07. The lowest BCUT2D eigenvalue weighted by Gasteiger charge is -2.39. The maximum atomic E-state index is 15.4. The summed E-state index contributed by atoms with van der Waals surface area (Å²) in [7, 11) is 1.61. The van der Waals surface area contributed by atoms with Gasteiger partial charge in [-0.3, -0.25) is 9.78 Å². The number of halogens is 1. The fraction of sp³-hybridized carbons (Fsp3) is 0.600. The van der Waals surface area contributed by atoms with E-state index in [4.69, 9.17) is 4.74 Å². The lowest BCUT2D eigenvalue weighted by molar-refractivity contribution is -0.137. The topological polar surface area (TPSA) is 62.7 Å². The average Bonchev–Trinajstić information content (AvgIpc) is 3.59. The minimum Gasteiger partial charge on any atom is -0.497 e. The number of hydrogen-bond donors (Lipinski definition) is 1. The lowest BCUT2D eigenvalue weighted by atomic mass is 9.79. The Balaban J connectivity index is 1.41. The molecule has 0 spiro atoms. The van der Waals surface area contributed by atoms with Crippen molar-refractivity contribution in [2.45, 2.75) is 51.1 Å². The molecule has 6 heteroatoms. The largest absolute Gasteiger partial charge is 0.497 e. The highest BCUT2D eigenvalue weighted by Crippen LogP contribution is 2.38. The number of carboxylic acid groups (broad SMARTS) is 1. The van der Waals surface area contributed by atoms with Crippen molar-refractivity contribution < 1.29 is 19.0 Å². The maximum absolute atomic E-state index is 15.4. The van der Waals surface area contributed by atoms with Gasteiger partial charge in [-0.25, -0.2) is 4.39 Å². The number of rotatable bonds is 10. The molecule has 0 bridgehead atoms. The molecular weight excluding hydrogens is 395 g/mol. The second-order valence-corrected chi connectivity index (χ2v) is 9.27. The number of pyridine rings is 1. The van der Waals surface area contributed by atoms with Gasteiger partial charge in [0.1, 0.15) is 11.9 Å². The van der Waals surface area contributed by atoms with E-state index in [2.05, 4.69) is 9.88 Å². The molecule has 0 radical (unpaired) electrons. The van der Waals surface area contributed by atoms with Crippen LogP contribution in [0.15, 0.2) is 30.5 Å². The van der Waals surface area contributed by atoms with Gasteiger partial charge in [0.25, 0.3) is 0 Å². The van der Waals surface area contributed by atoms with Gasteiger partial charge in [-0.05, 0) is 92.7 Å². The molecular formula is C25H33FN2O3. The van der Waals surface area contributed by atoms with E-state index in [1.165, 1.54) is 12.8 Å². The number of likely N-dealkylation sites (tertiary alicyclic amines) is 1. The Kier molecular flexibility index (Phi) is 7.06. The summed E-state index contributed by atoms with van der Waals surface area (Å²) in [5.74, 6) is 1.52. The van der Waals surface area contributed by atoms with Crippen molar-refractivity contribution in [1.29, 1.82) is 0 Å². The summed E-state index contributed by atoms with van der Waals surface area (Å²) in [4.78, 5) is 18.0. The number of nitrogens with zero attached hydrogens (tertiary/aromatic N) is 2. The van der Waals surface area contributed by atoms with Crippen molar-refractivity contribution in [2.75, 3.05) is 26.7 Å². The van der Waals surface area contributed by atoms with Gasteiger partial charge < -0.3 is 14.7 Å². The van der Waals surface area contributed by atoms with Crippen LogP contribution in [0.5, 0.6) is 5.75 Å². The van der Waals surface area contributed by atoms with Crippen LogP contribution < -0.4 is 4.74 Å². The number of carboxylic acids is 1. The Morgan fingerprint density at radius 2 is 2.10 bits per heavy atom. The lowest BCUT2D eigenvalue weighted by Crippen LogP contribution is -2.41. The molecule has 0 amide bonds. The second-order valence-electron chi connectivity index (χ2n) is 9.27. The first kappa shape index (κ1) is 22.0. The molecule has 168 valence electrons. The molecule has 2 aliphatic rings. The van der Waals surface area contributed by atoms with Crippen LogP contribution in [0.2, 0.25) is 0 Å². The van der Waals surface area contributed by atoms with E-state index in [1.807, 2.05) is 18.2 Å². The number of benzene rings is 1. The first-order valence-electron chi connectivity index (χ1n) is 11.5. The number of ether oxygens (including phenoxy) is 1. The molecule has 1 aliphatic heterocycles. The normalized spacial score (nSPS) is 23.0. The molecule has 1 aromatic heterocycles. The van der Waals surface area contributed by atoms with Gasteiger partial charge in [-0.15, -0.1) is 0 Å². The molecule has 5 nitrogen and oxygen atoms in total. The third-order valence-electron chi connectivity index (χ3n) is 7.03. The van der Waals surface area contributed by atoms with Crippen LogP contribution in [0.25, 0.3) is 10.9 Å². The van der Waals surface area contributed by atoms with E-state index in [9.17, 15) is 9.90 Å². The molecule has 1 aromatic carbocycles. The highest BCUT2D eigenvalue weighted by Gasteiger charge is 2.33. The Hall–Kier alpha value is -2.21. The van der Waals surface area contributed by atoms with Gasteiger partial charge in [0.05, 0.1) is 12.6 Å². The van der Waals surface area contributed by atoms with Crippen LogP contribution in [-0.4, -0.2) is 47.7 Å². The van der Waals surface area contributed by atoms with Gasteiger partial charge in [0.2, 0.25) is 0 Å². The van der Waals surface area contributed by atoms with Gasteiger partial charge in [0, 0.05) is 31.1 Å². The van der Waals surface area contributed by atoms with Gasteiger partial charge in [-0.1, -0.05) is 0 Å². The van der Waals surface area contributed by atoms with Gasteiger partial charge >= 0.3 is 5.97 Å². The smallest absolute Gasteiger partial charge is 0.303 e. The van der Waals surface area contributed by atoms with E-state index in [-0.39, 0.29) is 6.42 Å². The standard InChI is InChI=1S/C25H33FN2O3/c1-31-20-6-8-24-22(14-20)21(10-12-27-24)23(26)7-4-18-11-13-28(15-17-2-3-17)16-19(18)5-9-25(29)30/h6,8,10,12,14,17-19,23H,2-5,7,9,11,13,15-16H2,1H3,(H,29,30)/t18?,19?,23-/m0/s1. The quantitative estimate of drug-likeness (QED) is 0.560. The molecule has 2 fully saturated rings. The van der Waals surface area contributed by atoms with Crippen molar-refractivity contribution in [3.05, 3.63) is 36.0 Å². The Bertz CT molecular complexity index is 901. The third kappa shape index (κ3) is 5.73. The van der Waals surface area contributed by atoms with Crippen molar-refractivity contribution in [3.63, 3.8) is 0 Å². The monoisotopic (exact) mass is 428 g/mol. The van der Waals surface area contributed by atoms with Gasteiger partial charge in [-0.2, -0.15) is 0 Å². The first-order chi connectivity index (χ1) is 15.0. The Morgan fingerprint density at radius 3 is 2.84 bits per heavy atom. The molecule has 2 aromatic rings. The van der Waals surface area contributed by atoms with Crippen LogP contribution in [0, 0.1) is 17.8 Å². The van der Waals surface area contributed by atoms with Crippen molar-refractivity contribution in [3.8, 4) is 5.75 Å². The zero-order valence-electron chi connectivity index (χ0n) is 18.3. The molecule has 1 saturated heterocycles. The highest BCUT2D eigenvalue weighted by molar-refractivity contribution is 5.83. The highest BCUT2D eigenvalue weighted by atomic mass is 19.1. The number of carbonyl (C=O) groups is 1. The predicted molar refractivity (Wildman–Crippen MR) is 119 cm³/mol. The van der Waals surface area contributed by atoms with Gasteiger partial charge in [0.15, 0.2) is 0 Å². The van der Waals surface area contributed by atoms with Crippen molar-refractivity contribution >= 4 is 16.9 Å². The minimum atomic E-state index is -1.07. The molecule has 3 atom stereocenters. The summed E-state index contributed by atoms with van der Waals surface area (Å²) in [5.41, 5.74) is 1.44. The number of aromatic nitrogens is 1. The van der Waals surface area contributed by atoms with E-state index in [1.54, 1.807) is 19.4 Å². The third-order valence-corrected chi connectivity index (χ3v) is 7.03. The van der Waals surface area contributed by atoms with Crippen LogP contribution >= 0.6 is 0 Å². The summed E-state index contributed by atoms with van der Waals surface area (Å²) in [6, 6.07) is 7.33. The number of aliphatic carboxylic acids is 1. The summed E-state index contributed by atoms with van der Waals surface area (Å²) >= 11 is 0. The predicted octanol–water partition coefficient (Wildman–Crippen LogP) is 5.25. The molecule has 2 heterocycles. The second kappa shape index (κ2) is 9.94. The zero-order chi connectivity index (χ0) is 21.8. The fourth-order valence-electron chi connectivity index (χ4n) is 5.07. The summed E-state index contributed by atoms with van der Waals surface area (Å²) in [6.07, 6.45) is 6.42. The van der Waals surface area contributed by atoms with Crippen molar-refractivity contribution in [1.82, 2.24) is 9.88 Å². The molecule has 1 saturated carbocycles. The SMILES string of the molecule is COc1ccc2nccc([C@@H](F)CCC3CCN(CC4CC4)CC3CCC(=O)O)c2c1. The molecule has 2 unspecified atom stereocenters. The number of hydrogen-bond acceptors (Lipinski definition) is 4. The summed E-state index contributed by atoms with van der Waals surface area (Å²) in [5, 5.41) is 9.97. The Labute approximate surface area is 183 Å². The van der Waals surface area contributed by atoms with Crippen LogP contribution in [0.3, 0.4) is 0 Å². The van der Waals surface area contributed by atoms with E-state index in [0.717, 1.165) is 49.3 Å². The molecule has 4 rings (SSSR count). The van der Waals surface area contributed by atoms with E-state index in [0.29, 0.717) is 36.0 Å². The number of methoxy groups -OCH3 is 1. The number of fused-ring (bicyclic) bond motifs is 1. The zero-order valence-corrected chi connectivity index (χ0v) is 18.3. The summed E-state index contributed by atoms with van der Waals surface area (Å²) in [6.45, 7) is 3.16. The summed E-state index contributed by atoms with van der Waals surface area (Å²) < 4.78 is 20.7. The van der Waals surface area contributed by atoms with E-state index < -0.39 is 12.1 Å². The number of alkyl halides is 1. The Morgan fingerprint density at radius 1 is 1.26 bits per heavy atom.